The summed E-state index contributed by atoms with van der Waals surface area (Å²) >= 11 is 1.10. The minimum Gasteiger partial charge on any atom is -0.293 e. The summed E-state index contributed by atoms with van der Waals surface area (Å²) in [5.41, 5.74) is 3.32. The van der Waals surface area contributed by atoms with Gasteiger partial charge in [0, 0.05) is 11.3 Å². The number of carbonyl (C=O) groups is 1. The van der Waals surface area contributed by atoms with Crippen LogP contribution in [0.15, 0.2) is 17.5 Å². The molecule has 116 valence electrons. The van der Waals surface area contributed by atoms with E-state index in [9.17, 15) is 9.70 Å². The third-order valence-electron chi connectivity index (χ3n) is 4.51. The average molecular weight is 318 g/mol. The first kappa shape index (κ1) is 15.2. The molecule has 22 heavy (non-hydrogen) atoms. The maximum absolute atomic E-state index is 12.4. The summed E-state index contributed by atoms with van der Waals surface area (Å²) in [5.74, 6) is 0.458. The standard InChI is InChI=1S/C16H20N3O2S/c1-3-5-6-10(4-2)7-13-15-11(9-19(13)21)16-12(8-14(15)20)17-22-18-16/h9-10H,3-8H2,1-2H3/q+1. The number of nitroso groups, excluding NO2 is 1. The zero-order valence-corrected chi connectivity index (χ0v) is 13.8. The Hall–Kier alpha value is -1.69. The fourth-order valence-electron chi connectivity index (χ4n) is 3.19. The van der Waals surface area contributed by atoms with E-state index in [2.05, 4.69) is 22.6 Å². The normalized spacial score (nSPS) is 18.4. The number of rotatable bonds is 6. The Balaban J connectivity index is 1.92. The SMILES string of the molecule is CCCCC(CC)CC1=C2C(=O)Cc3nsnc3C2=C[N+]1=O. The van der Waals surface area contributed by atoms with Crippen LogP contribution in [0.25, 0.3) is 5.57 Å². The van der Waals surface area contributed by atoms with Crippen molar-refractivity contribution in [1.82, 2.24) is 8.75 Å². The van der Waals surface area contributed by atoms with Gasteiger partial charge in [-0.2, -0.15) is 8.75 Å². The molecule has 5 nitrogen and oxygen atoms in total. The molecule has 0 aromatic carbocycles. The first-order valence-corrected chi connectivity index (χ1v) is 8.65. The molecule has 1 aliphatic heterocycles. The summed E-state index contributed by atoms with van der Waals surface area (Å²) < 4.78 is 9.30. The van der Waals surface area contributed by atoms with E-state index in [1.165, 1.54) is 6.20 Å². The summed E-state index contributed by atoms with van der Waals surface area (Å²) in [6.07, 6.45) is 6.89. The molecule has 2 heterocycles. The van der Waals surface area contributed by atoms with Gasteiger partial charge in [-0.3, -0.25) is 4.79 Å². The number of fused-ring (bicyclic) bond motifs is 3. The highest BCUT2D eigenvalue weighted by Gasteiger charge is 2.43. The van der Waals surface area contributed by atoms with Crippen molar-refractivity contribution in [2.75, 3.05) is 0 Å². The van der Waals surface area contributed by atoms with Crippen LogP contribution in [-0.2, 0) is 11.2 Å². The first-order chi connectivity index (χ1) is 10.7. The summed E-state index contributed by atoms with van der Waals surface area (Å²) in [6.45, 7) is 4.32. The highest BCUT2D eigenvalue weighted by molar-refractivity contribution is 6.99. The van der Waals surface area contributed by atoms with Gasteiger partial charge in [-0.25, -0.2) is 0 Å². The van der Waals surface area contributed by atoms with E-state index in [1.807, 2.05) is 0 Å². The average Bonchev–Trinajstić information content (AvgIpc) is 3.08. The monoisotopic (exact) mass is 318 g/mol. The Labute approximate surface area is 134 Å². The van der Waals surface area contributed by atoms with Crippen LogP contribution < -0.4 is 0 Å². The van der Waals surface area contributed by atoms with Gasteiger partial charge in [-0.05, 0) is 12.3 Å². The third-order valence-corrected chi connectivity index (χ3v) is 5.08. The molecule has 1 unspecified atom stereocenters. The Kier molecular flexibility index (Phi) is 4.29. The van der Waals surface area contributed by atoms with Crippen molar-refractivity contribution in [2.45, 2.75) is 52.4 Å². The lowest BCUT2D eigenvalue weighted by Crippen LogP contribution is -2.17. The quantitative estimate of drug-likeness (QED) is 0.751. The Morgan fingerprint density at radius 1 is 1.36 bits per heavy atom. The lowest BCUT2D eigenvalue weighted by Gasteiger charge is -2.14. The van der Waals surface area contributed by atoms with Gasteiger partial charge in [0.05, 0.1) is 34.2 Å². The molecule has 1 aromatic rings. The molecule has 1 aromatic heterocycles. The molecular weight excluding hydrogens is 298 g/mol. The van der Waals surface area contributed by atoms with Crippen LogP contribution >= 0.6 is 11.7 Å². The van der Waals surface area contributed by atoms with Gasteiger partial charge in [0.1, 0.15) is 11.3 Å². The van der Waals surface area contributed by atoms with E-state index in [1.54, 1.807) is 0 Å². The number of unbranched alkanes of at least 4 members (excludes halogenated alkanes) is 1. The summed E-state index contributed by atoms with van der Waals surface area (Å²) in [4.78, 5) is 24.8. The van der Waals surface area contributed by atoms with Gasteiger partial charge in [0.25, 0.3) is 5.70 Å². The van der Waals surface area contributed by atoms with Crippen molar-refractivity contribution >= 4 is 23.1 Å². The first-order valence-electron chi connectivity index (χ1n) is 7.92. The van der Waals surface area contributed by atoms with E-state index in [0.717, 1.165) is 47.9 Å². The van der Waals surface area contributed by atoms with Crippen LogP contribution in [0.3, 0.4) is 0 Å². The van der Waals surface area contributed by atoms with Crippen molar-refractivity contribution in [1.29, 1.82) is 0 Å². The molecule has 0 fully saturated rings. The number of allylic oxidation sites excluding steroid dienone is 3. The van der Waals surface area contributed by atoms with Crippen molar-refractivity contribution in [2.24, 2.45) is 5.92 Å². The molecule has 2 aliphatic rings. The van der Waals surface area contributed by atoms with Crippen molar-refractivity contribution in [3.05, 3.63) is 33.8 Å². The maximum atomic E-state index is 12.4. The van der Waals surface area contributed by atoms with Crippen LogP contribution in [0, 0.1) is 10.8 Å². The molecule has 0 saturated heterocycles. The number of ketones is 1. The van der Waals surface area contributed by atoms with Gasteiger partial charge in [0.15, 0.2) is 5.78 Å². The predicted molar refractivity (Wildman–Crippen MR) is 85.2 cm³/mol. The number of hydrogen-bond acceptors (Lipinski definition) is 5. The second-order valence-electron chi connectivity index (χ2n) is 5.97. The molecule has 0 bridgehead atoms. The molecule has 0 spiro atoms. The summed E-state index contributed by atoms with van der Waals surface area (Å²) in [5, 5.41) is 0. The van der Waals surface area contributed by atoms with E-state index < -0.39 is 0 Å². The number of carbonyl (C=O) groups excluding carboxylic acids is 1. The fraction of sp³-hybridized carbons (Fsp3) is 0.562. The van der Waals surface area contributed by atoms with Crippen LogP contribution in [-0.4, -0.2) is 19.3 Å². The van der Waals surface area contributed by atoms with Gasteiger partial charge >= 0.3 is 0 Å². The molecule has 0 saturated carbocycles. The van der Waals surface area contributed by atoms with Crippen LogP contribution in [0.2, 0.25) is 0 Å². The maximum Gasteiger partial charge on any atom is 0.251 e. The van der Waals surface area contributed by atoms with Gasteiger partial charge in [-0.1, -0.05) is 33.1 Å². The lowest BCUT2D eigenvalue weighted by atomic mass is 9.86. The number of Topliss-reactive ketones (excluding diaryl/α,β-unsaturated/α-hetero) is 1. The minimum atomic E-state index is 0.00476. The summed E-state index contributed by atoms with van der Waals surface area (Å²) in [7, 11) is 0. The van der Waals surface area contributed by atoms with Gasteiger partial charge < -0.3 is 0 Å². The molecule has 0 radical (unpaired) electrons. The topological polar surface area (TPSA) is 62.9 Å². The second kappa shape index (κ2) is 6.20. The van der Waals surface area contributed by atoms with Crippen molar-refractivity contribution in [3.63, 3.8) is 0 Å². The Morgan fingerprint density at radius 3 is 2.91 bits per heavy atom. The van der Waals surface area contributed by atoms with Crippen molar-refractivity contribution < 1.29 is 9.55 Å². The van der Waals surface area contributed by atoms with E-state index >= 15 is 0 Å². The zero-order valence-electron chi connectivity index (χ0n) is 13.0. The molecule has 3 rings (SSSR count). The van der Waals surface area contributed by atoms with Crippen molar-refractivity contribution in [3.8, 4) is 0 Å². The Morgan fingerprint density at radius 2 is 2.18 bits per heavy atom. The van der Waals surface area contributed by atoms with Gasteiger partial charge in [-0.15, -0.1) is 0 Å². The van der Waals surface area contributed by atoms with Crippen LogP contribution in [0.5, 0.6) is 0 Å². The predicted octanol–water partition coefficient (Wildman–Crippen LogP) is 3.66. The highest BCUT2D eigenvalue weighted by atomic mass is 32.1. The lowest BCUT2D eigenvalue weighted by molar-refractivity contribution is -0.424. The highest BCUT2D eigenvalue weighted by Crippen LogP contribution is 2.40. The molecule has 1 aliphatic carbocycles. The van der Waals surface area contributed by atoms with Crippen LogP contribution in [0.1, 0.15) is 57.3 Å². The molecule has 0 N–H and O–H groups in total. The van der Waals surface area contributed by atoms with E-state index in [4.69, 9.17) is 0 Å². The minimum absolute atomic E-state index is 0.00476. The Bertz CT molecular complexity index is 687. The molecule has 0 amide bonds. The number of hydrogen-bond donors (Lipinski definition) is 0. The number of nitrogens with zero attached hydrogens (tertiary/aromatic N) is 3. The number of aromatic nitrogens is 2. The zero-order chi connectivity index (χ0) is 15.7. The molecule has 1 atom stereocenters. The second-order valence-corrected chi connectivity index (χ2v) is 6.50. The van der Waals surface area contributed by atoms with Crippen LogP contribution in [0.4, 0.5) is 0 Å². The third kappa shape index (κ3) is 2.56. The van der Waals surface area contributed by atoms with Gasteiger partial charge in [0.2, 0.25) is 6.20 Å². The largest absolute Gasteiger partial charge is 0.293 e. The summed E-state index contributed by atoms with van der Waals surface area (Å²) in [6, 6.07) is 0. The molecular formula is C16H20N3O2S+. The smallest absolute Gasteiger partial charge is 0.251 e. The van der Waals surface area contributed by atoms with E-state index in [0.29, 0.717) is 34.9 Å². The van der Waals surface area contributed by atoms with E-state index in [-0.39, 0.29) is 12.2 Å². The molecule has 6 heteroatoms. The fourth-order valence-corrected chi connectivity index (χ4v) is 3.77.